The number of fused-ring (bicyclic) bond motifs is 1. The van der Waals surface area contributed by atoms with E-state index in [1.807, 2.05) is 18.2 Å². The topological polar surface area (TPSA) is 26.5 Å². The van der Waals surface area contributed by atoms with Crippen LogP contribution in [0.2, 0.25) is 0 Å². The maximum absolute atomic E-state index is 5.33. The minimum Gasteiger partial charge on any atom is -0.497 e. The first kappa shape index (κ1) is 19.3. The van der Waals surface area contributed by atoms with Crippen molar-refractivity contribution in [3.8, 4) is 28.1 Å². The fourth-order valence-corrected chi connectivity index (χ4v) is 3.85. The zero-order valence-corrected chi connectivity index (χ0v) is 17.3. The monoisotopic (exact) mass is 384 g/mol. The van der Waals surface area contributed by atoms with Crippen molar-refractivity contribution in [3.63, 3.8) is 0 Å². The summed E-state index contributed by atoms with van der Waals surface area (Å²) in [4.78, 5) is 0. The number of aromatic nitrogens is 2. The third-order valence-electron chi connectivity index (χ3n) is 5.46. The van der Waals surface area contributed by atoms with E-state index in [0.717, 1.165) is 28.9 Å². The maximum Gasteiger partial charge on any atom is 0.118 e. The van der Waals surface area contributed by atoms with Gasteiger partial charge in [-0.1, -0.05) is 74.7 Å². The van der Waals surface area contributed by atoms with Crippen LogP contribution in [0.4, 0.5) is 0 Å². The zero-order valence-electron chi connectivity index (χ0n) is 17.3. The highest BCUT2D eigenvalue weighted by molar-refractivity contribution is 5.72. The highest BCUT2D eigenvalue weighted by Crippen LogP contribution is 2.30. The third kappa shape index (κ3) is 4.19. The normalized spacial score (nSPS) is 11.1. The van der Waals surface area contributed by atoms with Crippen molar-refractivity contribution in [2.24, 2.45) is 0 Å². The molecule has 2 aromatic heterocycles. The van der Waals surface area contributed by atoms with E-state index in [4.69, 9.17) is 9.84 Å². The molecule has 0 spiro atoms. The van der Waals surface area contributed by atoms with E-state index in [1.54, 1.807) is 7.11 Å². The number of aryl methyl sites for hydroxylation is 1. The Hall–Kier alpha value is -3.07. The molecule has 2 aromatic carbocycles. The molecule has 0 saturated heterocycles. The molecule has 0 aliphatic carbocycles. The fourth-order valence-electron chi connectivity index (χ4n) is 3.85. The Morgan fingerprint density at radius 2 is 1.62 bits per heavy atom. The molecule has 148 valence electrons. The van der Waals surface area contributed by atoms with Gasteiger partial charge in [-0.25, -0.2) is 4.52 Å². The predicted octanol–water partition coefficient (Wildman–Crippen LogP) is 6.80. The van der Waals surface area contributed by atoms with Crippen molar-refractivity contribution >= 4 is 5.52 Å². The Morgan fingerprint density at radius 3 is 2.34 bits per heavy atom. The average molecular weight is 385 g/mol. The van der Waals surface area contributed by atoms with Gasteiger partial charge in [0.1, 0.15) is 5.75 Å². The quantitative estimate of drug-likeness (QED) is 0.312. The van der Waals surface area contributed by atoms with Crippen LogP contribution in [0, 0.1) is 0 Å². The molecular formula is C26H28N2O. The van der Waals surface area contributed by atoms with Crippen molar-refractivity contribution in [1.29, 1.82) is 0 Å². The molecule has 0 saturated carbocycles. The standard InChI is InChI=1S/C26H28N2O/c1-3-4-5-9-12-26-24(20-13-16-23(29-2)17-14-20)18-15-22-19-25(27-28(22)26)21-10-7-6-8-11-21/h6-8,10-11,13-19H,3-5,9,12H2,1-2H3. The van der Waals surface area contributed by atoms with Gasteiger partial charge in [0.25, 0.3) is 0 Å². The number of pyridine rings is 1. The van der Waals surface area contributed by atoms with Gasteiger partial charge in [0, 0.05) is 11.1 Å². The lowest BCUT2D eigenvalue weighted by molar-refractivity contribution is 0.415. The molecule has 0 atom stereocenters. The van der Waals surface area contributed by atoms with Crippen molar-refractivity contribution in [1.82, 2.24) is 9.61 Å². The van der Waals surface area contributed by atoms with Crippen LogP contribution in [0.15, 0.2) is 72.8 Å². The number of rotatable bonds is 8. The summed E-state index contributed by atoms with van der Waals surface area (Å²) in [6.45, 7) is 2.25. The van der Waals surface area contributed by atoms with Gasteiger partial charge in [-0.05, 0) is 42.7 Å². The van der Waals surface area contributed by atoms with E-state index >= 15 is 0 Å². The van der Waals surface area contributed by atoms with Gasteiger partial charge in [-0.2, -0.15) is 5.10 Å². The number of ether oxygens (including phenoxy) is 1. The Balaban J connectivity index is 1.78. The van der Waals surface area contributed by atoms with Crippen molar-refractivity contribution in [2.75, 3.05) is 7.11 Å². The fraction of sp³-hybridized carbons (Fsp3) is 0.269. The van der Waals surface area contributed by atoms with Crippen molar-refractivity contribution in [3.05, 3.63) is 78.5 Å². The SMILES string of the molecule is CCCCCCc1c(-c2ccc(OC)cc2)ccc2cc(-c3ccccc3)nn12. The third-order valence-corrected chi connectivity index (χ3v) is 5.46. The molecule has 4 rings (SSSR count). The largest absolute Gasteiger partial charge is 0.497 e. The molecule has 0 bridgehead atoms. The molecule has 0 radical (unpaired) electrons. The second-order valence-corrected chi connectivity index (χ2v) is 7.47. The maximum atomic E-state index is 5.33. The van der Waals surface area contributed by atoms with E-state index in [0.29, 0.717) is 0 Å². The molecule has 3 nitrogen and oxygen atoms in total. The minimum atomic E-state index is 0.879. The van der Waals surface area contributed by atoms with Crippen LogP contribution in [0.5, 0.6) is 5.75 Å². The molecular weight excluding hydrogens is 356 g/mol. The number of nitrogens with zero attached hydrogens (tertiary/aromatic N) is 2. The molecule has 0 aliphatic heterocycles. The lowest BCUT2D eigenvalue weighted by atomic mass is 9.99. The summed E-state index contributed by atoms with van der Waals surface area (Å²) in [6.07, 6.45) is 5.98. The molecule has 0 aliphatic rings. The van der Waals surface area contributed by atoms with Gasteiger partial charge < -0.3 is 4.74 Å². The first-order valence-electron chi connectivity index (χ1n) is 10.5. The summed E-state index contributed by atoms with van der Waals surface area (Å²) >= 11 is 0. The second-order valence-electron chi connectivity index (χ2n) is 7.47. The lowest BCUT2D eigenvalue weighted by Gasteiger charge is -2.13. The smallest absolute Gasteiger partial charge is 0.118 e. The van der Waals surface area contributed by atoms with E-state index in [1.165, 1.54) is 42.5 Å². The van der Waals surface area contributed by atoms with Crippen molar-refractivity contribution < 1.29 is 4.74 Å². The van der Waals surface area contributed by atoms with Crippen LogP contribution < -0.4 is 4.74 Å². The molecule has 0 N–H and O–H groups in total. The molecule has 4 aromatic rings. The summed E-state index contributed by atoms with van der Waals surface area (Å²) in [7, 11) is 1.70. The van der Waals surface area contributed by atoms with E-state index in [2.05, 4.69) is 66.0 Å². The molecule has 29 heavy (non-hydrogen) atoms. The lowest BCUT2D eigenvalue weighted by Crippen LogP contribution is -2.02. The summed E-state index contributed by atoms with van der Waals surface area (Å²) < 4.78 is 7.48. The Labute approximate surface area is 173 Å². The number of hydrogen-bond acceptors (Lipinski definition) is 2. The number of benzene rings is 2. The number of unbranched alkanes of at least 4 members (excludes halogenated alkanes) is 3. The summed E-state index contributed by atoms with van der Waals surface area (Å²) in [5, 5.41) is 4.99. The minimum absolute atomic E-state index is 0.879. The highest BCUT2D eigenvalue weighted by atomic mass is 16.5. The van der Waals surface area contributed by atoms with Gasteiger partial charge in [-0.15, -0.1) is 0 Å². The summed E-state index contributed by atoms with van der Waals surface area (Å²) in [5.74, 6) is 0.879. The van der Waals surface area contributed by atoms with Gasteiger partial charge in [0.05, 0.1) is 24.0 Å². The zero-order chi connectivity index (χ0) is 20.1. The van der Waals surface area contributed by atoms with Crippen LogP contribution in [-0.2, 0) is 6.42 Å². The Kier molecular flexibility index (Phi) is 5.95. The van der Waals surface area contributed by atoms with Crippen LogP contribution in [-0.4, -0.2) is 16.7 Å². The molecule has 0 unspecified atom stereocenters. The highest BCUT2D eigenvalue weighted by Gasteiger charge is 2.13. The van der Waals surface area contributed by atoms with E-state index in [-0.39, 0.29) is 0 Å². The second kappa shape index (κ2) is 8.95. The van der Waals surface area contributed by atoms with E-state index < -0.39 is 0 Å². The van der Waals surface area contributed by atoms with Crippen LogP contribution in [0.25, 0.3) is 27.9 Å². The number of hydrogen-bond donors (Lipinski definition) is 0. The van der Waals surface area contributed by atoms with Crippen LogP contribution in [0.1, 0.15) is 38.3 Å². The van der Waals surface area contributed by atoms with Gasteiger partial charge in [0.2, 0.25) is 0 Å². The van der Waals surface area contributed by atoms with Crippen LogP contribution in [0.3, 0.4) is 0 Å². The average Bonchev–Trinajstić information content (AvgIpc) is 3.22. The molecule has 0 fully saturated rings. The molecule has 3 heteroatoms. The summed E-state index contributed by atoms with van der Waals surface area (Å²) in [5.41, 5.74) is 7.05. The molecule has 0 amide bonds. The first-order chi connectivity index (χ1) is 14.3. The Bertz CT molecular complexity index is 1070. The number of methoxy groups -OCH3 is 1. The molecule has 2 heterocycles. The predicted molar refractivity (Wildman–Crippen MR) is 120 cm³/mol. The van der Waals surface area contributed by atoms with Gasteiger partial charge in [-0.3, -0.25) is 0 Å². The van der Waals surface area contributed by atoms with E-state index in [9.17, 15) is 0 Å². The summed E-state index contributed by atoms with van der Waals surface area (Å²) in [6, 6.07) is 25.3. The van der Waals surface area contributed by atoms with Crippen LogP contribution >= 0.6 is 0 Å². The Morgan fingerprint density at radius 1 is 0.828 bits per heavy atom. The van der Waals surface area contributed by atoms with Gasteiger partial charge in [0.15, 0.2) is 0 Å². The van der Waals surface area contributed by atoms with Gasteiger partial charge >= 0.3 is 0 Å². The van der Waals surface area contributed by atoms with Crippen molar-refractivity contribution in [2.45, 2.75) is 39.0 Å². The first-order valence-corrected chi connectivity index (χ1v) is 10.5.